The molecule has 1 rings (SSSR count). The van der Waals surface area contributed by atoms with Gasteiger partial charge in [0.15, 0.2) is 0 Å². The van der Waals surface area contributed by atoms with Gasteiger partial charge in [-0.15, -0.1) is 0 Å². The molecule has 0 radical (unpaired) electrons. The van der Waals surface area contributed by atoms with Gasteiger partial charge in [0.2, 0.25) is 5.91 Å². The van der Waals surface area contributed by atoms with Crippen molar-refractivity contribution in [3.63, 3.8) is 0 Å². The number of benzene rings is 1. The molecule has 0 fully saturated rings. The molecule has 4 heteroatoms. The van der Waals surface area contributed by atoms with Crippen molar-refractivity contribution in [2.45, 2.75) is 38.7 Å². The molecule has 0 aliphatic heterocycles. The number of rotatable bonds is 7. The van der Waals surface area contributed by atoms with Crippen LogP contribution in [0.1, 0.15) is 38.7 Å². The Morgan fingerprint density at radius 1 is 1.35 bits per heavy atom. The molecule has 112 valence electrons. The van der Waals surface area contributed by atoms with E-state index in [0.717, 1.165) is 5.56 Å². The molecule has 0 spiro atoms. The summed E-state index contributed by atoms with van der Waals surface area (Å²) < 4.78 is 0. The van der Waals surface area contributed by atoms with E-state index in [4.69, 9.17) is 5.73 Å². The van der Waals surface area contributed by atoms with Crippen molar-refractivity contribution in [1.82, 2.24) is 5.32 Å². The highest BCUT2D eigenvalue weighted by atomic mass is 16.3. The van der Waals surface area contributed by atoms with Crippen LogP contribution in [0.15, 0.2) is 30.3 Å². The third-order valence-corrected chi connectivity index (χ3v) is 3.25. The van der Waals surface area contributed by atoms with Gasteiger partial charge in [-0.3, -0.25) is 4.79 Å². The van der Waals surface area contributed by atoms with Crippen molar-refractivity contribution in [2.75, 3.05) is 13.1 Å². The van der Waals surface area contributed by atoms with E-state index in [0.29, 0.717) is 12.3 Å². The average molecular weight is 278 g/mol. The molecule has 1 aromatic carbocycles. The number of hydrogen-bond acceptors (Lipinski definition) is 3. The van der Waals surface area contributed by atoms with Gasteiger partial charge in [0.05, 0.1) is 11.5 Å². The maximum absolute atomic E-state index is 12.2. The van der Waals surface area contributed by atoms with E-state index in [2.05, 4.69) is 5.32 Å². The van der Waals surface area contributed by atoms with Crippen molar-refractivity contribution < 1.29 is 9.90 Å². The minimum atomic E-state index is -0.889. The number of nitrogens with two attached hydrogens (primary N) is 1. The van der Waals surface area contributed by atoms with E-state index < -0.39 is 5.60 Å². The van der Waals surface area contributed by atoms with Gasteiger partial charge in [-0.05, 0) is 24.8 Å². The van der Waals surface area contributed by atoms with Crippen LogP contribution in [0.25, 0.3) is 0 Å². The summed E-state index contributed by atoms with van der Waals surface area (Å²) in [6.45, 7) is 6.33. The van der Waals surface area contributed by atoms with Crippen LogP contribution < -0.4 is 11.1 Å². The molecule has 0 bridgehead atoms. The standard InChI is InChI=1S/C16H26N2O2/c1-12(2)9-16(3,20)11-18-15(19)14(10-17)13-7-5-4-6-8-13/h4-8,12,14,20H,9-11,17H2,1-3H3,(H,18,19). The Bertz CT molecular complexity index is 416. The number of amides is 1. The van der Waals surface area contributed by atoms with E-state index >= 15 is 0 Å². The lowest BCUT2D eigenvalue weighted by atomic mass is 9.93. The van der Waals surface area contributed by atoms with Gasteiger partial charge in [0.1, 0.15) is 0 Å². The summed E-state index contributed by atoms with van der Waals surface area (Å²) >= 11 is 0. The van der Waals surface area contributed by atoms with Crippen LogP contribution in [0.2, 0.25) is 0 Å². The maximum atomic E-state index is 12.2. The Balaban J connectivity index is 2.61. The fraction of sp³-hybridized carbons (Fsp3) is 0.562. The fourth-order valence-corrected chi connectivity index (χ4v) is 2.43. The second-order valence-corrected chi connectivity index (χ2v) is 6.01. The van der Waals surface area contributed by atoms with Crippen LogP contribution in [-0.4, -0.2) is 29.7 Å². The largest absolute Gasteiger partial charge is 0.388 e. The predicted octanol–water partition coefficient (Wildman–Crippen LogP) is 1.64. The van der Waals surface area contributed by atoms with Crippen molar-refractivity contribution in [1.29, 1.82) is 0 Å². The molecule has 1 aromatic rings. The average Bonchev–Trinajstić information content (AvgIpc) is 2.37. The summed E-state index contributed by atoms with van der Waals surface area (Å²) in [6, 6.07) is 9.47. The van der Waals surface area contributed by atoms with Gasteiger partial charge in [0, 0.05) is 13.1 Å². The van der Waals surface area contributed by atoms with Crippen LogP contribution in [-0.2, 0) is 4.79 Å². The van der Waals surface area contributed by atoms with Gasteiger partial charge in [0.25, 0.3) is 0 Å². The number of carbonyl (C=O) groups is 1. The molecule has 4 N–H and O–H groups in total. The monoisotopic (exact) mass is 278 g/mol. The lowest BCUT2D eigenvalue weighted by Crippen LogP contribution is -2.44. The molecule has 0 aliphatic carbocycles. The van der Waals surface area contributed by atoms with Gasteiger partial charge in [-0.1, -0.05) is 44.2 Å². The summed E-state index contributed by atoms with van der Waals surface area (Å²) in [5.74, 6) is -0.130. The van der Waals surface area contributed by atoms with Crippen LogP contribution in [0.5, 0.6) is 0 Å². The van der Waals surface area contributed by atoms with Crippen molar-refractivity contribution in [3.05, 3.63) is 35.9 Å². The van der Waals surface area contributed by atoms with Crippen LogP contribution in [0.4, 0.5) is 0 Å². The third kappa shape index (κ3) is 5.31. The molecule has 0 heterocycles. The lowest BCUT2D eigenvalue weighted by molar-refractivity contribution is -0.123. The molecule has 0 aromatic heterocycles. The van der Waals surface area contributed by atoms with Crippen molar-refractivity contribution in [2.24, 2.45) is 11.7 Å². The lowest BCUT2D eigenvalue weighted by Gasteiger charge is -2.26. The van der Waals surface area contributed by atoms with Crippen molar-refractivity contribution >= 4 is 5.91 Å². The Kier molecular flexibility index (Phi) is 6.17. The molecule has 0 saturated heterocycles. The first-order valence-electron chi connectivity index (χ1n) is 7.11. The Morgan fingerprint density at radius 2 is 1.95 bits per heavy atom. The van der Waals surface area contributed by atoms with Crippen LogP contribution in [0.3, 0.4) is 0 Å². The molecule has 2 atom stereocenters. The summed E-state index contributed by atoms with van der Waals surface area (Å²) in [5, 5.41) is 13.0. The molecular formula is C16H26N2O2. The van der Waals surface area contributed by atoms with Gasteiger partial charge in [-0.2, -0.15) is 0 Å². The molecule has 20 heavy (non-hydrogen) atoms. The number of nitrogens with one attached hydrogen (secondary N) is 1. The second-order valence-electron chi connectivity index (χ2n) is 6.01. The first-order valence-corrected chi connectivity index (χ1v) is 7.11. The molecule has 4 nitrogen and oxygen atoms in total. The second kappa shape index (κ2) is 7.41. The molecular weight excluding hydrogens is 252 g/mol. The zero-order valence-electron chi connectivity index (χ0n) is 12.6. The first kappa shape index (κ1) is 16.7. The highest BCUT2D eigenvalue weighted by Gasteiger charge is 2.25. The Hall–Kier alpha value is -1.39. The predicted molar refractivity (Wildman–Crippen MR) is 81.3 cm³/mol. The zero-order valence-corrected chi connectivity index (χ0v) is 12.6. The van der Waals surface area contributed by atoms with Crippen molar-refractivity contribution in [3.8, 4) is 0 Å². The van der Waals surface area contributed by atoms with Crippen LogP contribution >= 0.6 is 0 Å². The van der Waals surface area contributed by atoms with Gasteiger partial charge in [-0.25, -0.2) is 0 Å². The van der Waals surface area contributed by atoms with E-state index in [1.165, 1.54) is 0 Å². The summed E-state index contributed by atoms with van der Waals surface area (Å²) in [4.78, 5) is 12.2. The van der Waals surface area contributed by atoms with E-state index in [9.17, 15) is 9.90 Å². The van der Waals surface area contributed by atoms with E-state index in [1.807, 2.05) is 44.2 Å². The summed E-state index contributed by atoms with van der Waals surface area (Å²) in [7, 11) is 0. The number of hydrogen-bond donors (Lipinski definition) is 3. The smallest absolute Gasteiger partial charge is 0.228 e. The number of carbonyl (C=O) groups excluding carboxylic acids is 1. The summed E-state index contributed by atoms with van der Waals surface area (Å²) in [5.41, 5.74) is 5.71. The van der Waals surface area contributed by atoms with Crippen LogP contribution in [0, 0.1) is 5.92 Å². The maximum Gasteiger partial charge on any atom is 0.228 e. The van der Waals surface area contributed by atoms with Gasteiger partial charge >= 0.3 is 0 Å². The minimum absolute atomic E-state index is 0.136. The fourth-order valence-electron chi connectivity index (χ4n) is 2.43. The topological polar surface area (TPSA) is 75.3 Å². The highest BCUT2D eigenvalue weighted by molar-refractivity contribution is 5.83. The highest BCUT2D eigenvalue weighted by Crippen LogP contribution is 2.17. The Morgan fingerprint density at radius 3 is 2.45 bits per heavy atom. The van der Waals surface area contributed by atoms with E-state index in [1.54, 1.807) is 6.92 Å². The molecule has 0 saturated carbocycles. The van der Waals surface area contributed by atoms with Gasteiger partial charge < -0.3 is 16.2 Å². The quantitative estimate of drug-likeness (QED) is 0.710. The zero-order chi connectivity index (χ0) is 15.2. The Labute approximate surface area is 121 Å². The third-order valence-electron chi connectivity index (χ3n) is 3.25. The molecule has 1 amide bonds. The first-order chi connectivity index (χ1) is 9.35. The summed E-state index contributed by atoms with van der Waals surface area (Å²) in [6.07, 6.45) is 0.645. The normalized spacial score (nSPS) is 15.7. The molecule has 0 aliphatic rings. The number of aliphatic hydroxyl groups is 1. The minimum Gasteiger partial charge on any atom is -0.388 e. The van der Waals surface area contributed by atoms with E-state index in [-0.39, 0.29) is 24.9 Å². The SMILES string of the molecule is CC(C)CC(C)(O)CNC(=O)C(CN)c1ccccc1. The molecule has 2 unspecified atom stereocenters.